The number of hydrogen-bond acceptors (Lipinski definition) is 6. The molecule has 5 nitrogen and oxygen atoms in total. The fourth-order valence-electron chi connectivity index (χ4n) is 2.19. The van der Waals surface area contributed by atoms with Gasteiger partial charge < -0.3 is 9.15 Å². The number of aromatic nitrogens is 2. The fourth-order valence-corrected chi connectivity index (χ4v) is 3.14. The van der Waals surface area contributed by atoms with E-state index in [0.29, 0.717) is 16.7 Å². The minimum atomic E-state index is -0.590. The van der Waals surface area contributed by atoms with Crippen LogP contribution >= 0.6 is 23.4 Å². The lowest BCUT2D eigenvalue weighted by Gasteiger charge is -2.09. The summed E-state index contributed by atoms with van der Waals surface area (Å²) in [6, 6.07) is 16.9. The van der Waals surface area contributed by atoms with Crippen molar-refractivity contribution in [1.82, 2.24) is 10.2 Å². The highest BCUT2D eigenvalue weighted by molar-refractivity contribution is 7.99. The number of halogens is 1. The summed E-state index contributed by atoms with van der Waals surface area (Å²) in [5, 5.41) is 8.66. The molecule has 0 spiro atoms. The number of rotatable bonds is 7. The Bertz CT molecular complexity index is 853. The third kappa shape index (κ3) is 5.09. The number of benzene rings is 2. The molecular weight excluding hydrogens is 372 g/mol. The Morgan fingerprint density at radius 3 is 2.62 bits per heavy atom. The van der Waals surface area contributed by atoms with Gasteiger partial charge in [-0.25, -0.2) is 0 Å². The van der Waals surface area contributed by atoms with E-state index in [9.17, 15) is 4.79 Å². The topological polar surface area (TPSA) is 65.2 Å². The van der Waals surface area contributed by atoms with Crippen molar-refractivity contribution in [1.29, 1.82) is 0 Å². The summed E-state index contributed by atoms with van der Waals surface area (Å²) in [6.07, 6.45) is -0.301. The Balaban J connectivity index is 1.48. The van der Waals surface area contributed by atoms with Gasteiger partial charge in [0.15, 0.2) is 6.10 Å². The highest BCUT2D eigenvalue weighted by Gasteiger charge is 2.18. The highest BCUT2D eigenvalue weighted by atomic mass is 35.5. The average Bonchev–Trinajstić information content (AvgIpc) is 3.14. The molecule has 0 aliphatic rings. The highest BCUT2D eigenvalue weighted by Crippen LogP contribution is 2.24. The Morgan fingerprint density at radius 1 is 1.15 bits per heavy atom. The monoisotopic (exact) mass is 388 g/mol. The molecule has 0 fully saturated rings. The van der Waals surface area contributed by atoms with Crippen LogP contribution in [0.4, 0.5) is 0 Å². The van der Waals surface area contributed by atoms with Crippen LogP contribution in [0.25, 0.3) is 11.5 Å². The fraction of sp³-hybridized carbons (Fsp3) is 0.211. The van der Waals surface area contributed by atoms with Gasteiger partial charge in [-0.2, -0.15) is 0 Å². The van der Waals surface area contributed by atoms with Crippen LogP contribution in [0.3, 0.4) is 0 Å². The van der Waals surface area contributed by atoms with Crippen LogP contribution in [-0.2, 0) is 9.53 Å². The largest absolute Gasteiger partial charge is 0.453 e. The van der Waals surface area contributed by atoms with E-state index < -0.39 is 6.10 Å². The zero-order chi connectivity index (χ0) is 18.4. The molecule has 0 amide bonds. The minimum Gasteiger partial charge on any atom is -0.453 e. The van der Waals surface area contributed by atoms with Crippen LogP contribution < -0.4 is 0 Å². The van der Waals surface area contributed by atoms with Crippen molar-refractivity contribution in [3.63, 3.8) is 0 Å². The van der Waals surface area contributed by atoms with E-state index in [0.717, 1.165) is 10.5 Å². The van der Waals surface area contributed by atoms with Crippen molar-refractivity contribution < 1.29 is 13.9 Å². The molecule has 3 rings (SSSR count). The first-order chi connectivity index (χ1) is 12.6. The second-order valence-corrected chi connectivity index (χ2v) is 7.10. The molecule has 3 aromatic rings. The molecular formula is C19H17ClN2O3S. The Kier molecular flexibility index (Phi) is 6.30. The van der Waals surface area contributed by atoms with Gasteiger partial charge in [-0.15, -0.1) is 22.0 Å². The van der Waals surface area contributed by atoms with Crippen molar-refractivity contribution in [2.24, 2.45) is 0 Å². The summed E-state index contributed by atoms with van der Waals surface area (Å²) in [7, 11) is 0. The second-order valence-electron chi connectivity index (χ2n) is 5.50. The van der Waals surface area contributed by atoms with Crippen molar-refractivity contribution in [3.05, 3.63) is 65.5 Å². The second kappa shape index (κ2) is 8.87. The molecule has 0 N–H and O–H groups in total. The number of thioether (sulfide) groups is 1. The van der Waals surface area contributed by atoms with Crippen molar-refractivity contribution in [2.45, 2.75) is 24.3 Å². The molecule has 1 atom stereocenters. The lowest BCUT2D eigenvalue weighted by molar-refractivity contribution is -0.149. The van der Waals surface area contributed by atoms with Crippen LogP contribution in [0.2, 0.25) is 5.02 Å². The van der Waals surface area contributed by atoms with E-state index in [-0.39, 0.29) is 18.3 Å². The summed E-state index contributed by atoms with van der Waals surface area (Å²) in [6.45, 7) is 1.71. The van der Waals surface area contributed by atoms with Crippen LogP contribution in [0.15, 0.2) is 63.9 Å². The van der Waals surface area contributed by atoms with E-state index in [1.807, 2.05) is 54.6 Å². The molecule has 7 heteroatoms. The maximum atomic E-state index is 12.0. The van der Waals surface area contributed by atoms with Crippen molar-refractivity contribution in [3.8, 4) is 11.5 Å². The first-order valence-corrected chi connectivity index (χ1v) is 9.45. The summed E-state index contributed by atoms with van der Waals surface area (Å²) in [5.74, 6) is 0.995. The Morgan fingerprint density at radius 2 is 1.88 bits per heavy atom. The summed E-state index contributed by atoms with van der Waals surface area (Å²) in [4.78, 5) is 13.1. The van der Waals surface area contributed by atoms with Crippen LogP contribution in [0.1, 0.15) is 25.3 Å². The van der Waals surface area contributed by atoms with Gasteiger partial charge in [-0.05, 0) is 43.3 Å². The van der Waals surface area contributed by atoms with Gasteiger partial charge in [0.05, 0.1) is 6.42 Å². The molecule has 26 heavy (non-hydrogen) atoms. The van der Waals surface area contributed by atoms with E-state index in [1.54, 1.807) is 18.7 Å². The Labute approximate surface area is 160 Å². The quantitative estimate of drug-likeness (QED) is 0.410. The smallest absolute Gasteiger partial charge is 0.307 e. The molecule has 1 aromatic heterocycles. The van der Waals surface area contributed by atoms with E-state index in [1.165, 1.54) is 0 Å². The molecule has 0 aliphatic heterocycles. The van der Waals surface area contributed by atoms with E-state index in [4.69, 9.17) is 20.8 Å². The van der Waals surface area contributed by atoms with Crippen molar-refractivity contribution in [2.75, 3.05) is 5.75 Å². The molecule has 0 aliphatic carbocycles. The number of carbonyl (C=O) groups is 1. The van der Waals surface area contributed by atoms with Crippen molar-refractivity contribution >= 4 is 29.3 Å². The van der Waals surface area contributed by atoms with Gasteiger partial charge in [0.2, 0.25) is 5.89 Å². The van der Waals surface area contributed by atoms with Gasteiger partial charge in [-0.1, -0.05) is 29.8 Å². The standard InChI is InChI=1S/C19H17ClN2O3S/c1-13(18-21-22-19(25-18)14-5-3-2-4-6-14)24-17(23)11-12-26-16-9-7-15(20)8-10-16/h2-10,13H,11-12H2,1H3/t13-/m1/s1. The molecule has 1 heterocycles. The predicted octanol–water partition coefficient (Wildman–Crippen LogP) is 5.18. The number of ether oxygens (including phenoxy) is 1. The van der Waals surface area contributed by atoms with Gasteiger partial charge >= 0.3 is 5.97 Å². The molecule has 0 saturated heterocycles. The lowest BCUT2D eigenvalue weighted by atomic mass is 10.2. The average molecular weight is 389 g/mol. The number of nitrogens with zero attached hydrogens (tertiary/aromatic N) is 2. The van der Waals surface area contributed by atoms with Gasteiger partial charge in [0, 0.05) is 21.2 Å². The number of hydrogen-bond donors (Lipinski definition) is 0. The third-order valence-corrected chi connectivity index (χ3v) is 4.77. The minimum absolute atomic E-state index is 0.280. The summed E-state index contributed by atoms with van der Waals surface area (Å²) >= 11 is 7.42. The molecule has 2 aromatic carbocycles. The molecule has 0 saturated carbocycles. The zero-order valence-electron chi connectivity index (χ0n) is 14.1. The molecule has 0 bridgehead atoms. The van der Waals surface area contributed by atoms with Crippen LogP contribution in [0.5, 0.6) is 0 Å². The van der Waals surface area contributed by atoms with Gasteiger partial charge in [0.1, 0.15) is 0 Å². The van der Waals surface area contributed by atoms with Crippen LogP contribution in [0, 0.1) is 0 Å². The van der Waals surface area contributed by atoms with E-state index in [2.05, 4.69) is 10.2 Å². The first kappa shape index (κ1) is 18.5. The maximum absolute atomic E-state index is 12.0. The third-order valence-electron chi connectivity index (χ3n) is 3.51. The van der Waals surface area contributed by atoms with Gasteiger partial charge in [0.25, 0.3) is 5.89 Å². The van der Waals surface area contributed by atoms with Gasteiger partial charge in [-0.3, -0.25) is 4.79 Å². The predicted molar refractivity (Wildman–Crippen MR) is 101 cm³/mol. The molecule has 0 radical (unpaired) electrons. The normalized spacial score (nSPS) is 11.9. The molecule has 134 valence electrons. The number of carbonyl (C=O) groups excluding carboxylic acids is 1. The maximum Gasteiger partial charge on any atom is 0.307 e. The summed E-state index contributed by atoms with van der Waals surface area (Å²) in [5.41, 5.74) is 0.823. The first-order valence-electron chi connectivity index (χ1n) is 8.08. The SMILES string of the molecule is C[C@@H](OC(=O)CCSc1ccc(Cl)cc1)c1nnc(-c2ccccc2)o1. The molecule has 0 unspecified atom stereocenters. The van der Waals surface area contributed by atoms with E-state index >= 15 is 0 Å². The Hall–Kier alpha value is -2.31. The van der Waals surface area contributed by atoms with Crippen LogP contribution in [-0.4, -0.2) is 21.9 Å². The zero-order valence-corrected chi connectivity index (χ0v) is 15.7. The summed E-state index contributed by atoms with van der Waals surface area (Å²) < 4.78 is 11.0. The number of esters is 1. The lowest BCUT2D eigenvalue weighted by Crippen LogP contribution is -2.09.